The van der Waals surface area contributed by atoms with E-state index in [2.05, 4.69) is 20.1 Å². The minimum absolute atomic E-state index is 0.593. The minimum atomic E-state index is 0.593. The van der Waals surface area contributed by atoms with Crippen molar-refractivity contribution in [3.8, 4) is 0 Å². The summed E-state index contributed by atoms with van der Waals surface area (Å²) in [6, 6.07) is 0. The van der Waals surface area contributed by atoms with E-state index in [1.165, 1.54) is 11.8 Å². The van der Waals surface area contributed by atoms with Gasteiger partial charge in [0.1, 0.15) is 5.82 Å². The summed E-state index contributed by atoms with van der Waals surface area (Å²) in [7, 11) is 3.84. The lowest BCUT2D eigenvalue weighted by molar-refractivity contribution is 0.797. The molecule has 0 bridgehead atoms. The summed E-state index contributed by atoms with van der Waals surface area (Å²) < 4.78 is 1.65. The SMILES string of the molecule is CSc1nc(N(C)C)n2nc(C)nc2n1. The molecule has 0 aliphatic heterocycles. The minimum Gasteiger partial charge on any atom is -0.347 e. The lowest BCUT2D eigenvalue weighted by Gasteiger charge is -2.11. The molecule has 2 aromatic rings. The number of aryl methyl sites for hydroxylation is 1. The molecule has 0 unspecified atom stereocenters. The predicted molar refractivity (Wildman–Crippen MR) is 59.4 cm³/mol. The monoisotopic (exact) mass is 224 g/mol. The van der Waals surface area contributed by atoms with Gasteiger partial charge in [0.2, 0.25) is 5.95 Å². The first kappa shape index (κ1) is 10.2. The number of rotatable bonds is 2. The average molecular weight is 224 g/mol. The predicted octanol–water partition coefficient (Wildman–Crippen LogP) is 0.616. The van der Waals surface area contributed by atoms with Crippen molar-refractivity contribution in [3.05, 3.63) is 5.82 Å². The Labute approximate surface area is 91.7 Å². The number of nitrogens with zero attached hydrogens (tertiary/aromatic N) is 6. The number of anilines is 1. The summed E-state index contributed by atoms with van der Waals surface area (Å²) in [5.41, 5.74) is 0. The molecule has 2 rings (SSSR count). The van der Waals surface area contributed by atoms with E-state index in [0.717, 1.165) is 5.95 Å². The molecule has 80 valence electrons. The van der Waals surface area contributed by atoms with E-state index in [1.807, 2.05) is 32.2 Å². The molecule has 2 heterocycles. The standard InChI is InChI=1S/C8H12N6S/c1-5-9-6-10-7(15-4)11-8(13(2)3)14(6)12-5/h1-4H3. The van der Waals surface area contributed by atoms with Gasteiger partial charge in [-0.1, -0.05) is 11.8 Å². The number of hydrogen-bond donors (Lipinski definition) is 0. The van der Waals surface area contributed by atoms with Crippen LogP contribution in [0.3, 0.4) is 0 Å². The van der Waals surface area contributed by atoms with E-state index in [0.29, 0.717) is 16.8 Å². The van der Waals surface area contributed by atoms with E-state index in [-0.39, 0.29) is 0 Å². The van der Waals surface area contributed by atoms with Gasteiger partial charge in [-0.25, -0.2) is 0 Å². The Morgan fingerprint density at radius 3 is 2.53 bits per heavy atom. The van der Waals surface area contributed by atoms with Crippen LogP contribution in [0.2, 0.25) is 0 Å². The molecule has 0 N–H and O–H groups in total. The molecule has 2 aromatic heterocycles. The van der Waals surface area contributed by atoms with Crippen LogP contribution in [0.5, 0.6) is 0 Å². The number of hydrogen-bond acceptors (Lipinski definition) is 6. The highest BCUT2D eigenvalue weighted by atomic mass is 32.2. The van der Waals surface area contributed by atoms with Crippen molar-refractivity contribution in [2.45, 2.75) is 12.1 Å². The summed E-state index contributed by atoms with van der Waals surface area (Å²) in [5, 5.41) is 4.95. The molecule has 0 saturated heterocycles. The first-order chi connectivity index (χ1) is 7.11. The van der Waals surface area contributed by atoms with Crippen LogP contribution in [0.4, 0.5) is 5.95 Å². The van der Waals surface area contributed by atoms with Gasteiger partial charge in [0, 0.05) is 14.1 Å². The van der Waals surface area contributed by atoms with Gasteiger partial charge in [0.15, 0.2) is 5.16 Å². The van der Waals surface area contributed by atoms with Crippen LogP contribution in [0, 0.1) is 6.92 Å². The highest BCUT2D eigenvalue weighted by molar-refractivity contribution is 7.98. The maximum absolute atomic E-state index is 4.37. The molecule has 0 aromatic carbocycles. The summed E-state index contributed by atoms with van der Waals surface area (Å²) in [6.45, 7) is 1.84. The highest BCUT2D eigenvalue weighted by Gasteiger charge is 2.11. The molecule has 6 nitrogen and oxygen atoms in total. The van der Waals surface area contributed by atoms with Gasteiger partial charge in [-0.3, -0.25) is 0 Å². The summed E-state index contributed by atoms with van der Waals surface area (Å²) in [6.07, 6.45) is 1.94. The molecule has 0 aliphatic carbocycles. The maximum atomic E-state index is 4.37. The maximum Gasteiger partial charge on any atom is 0.258 e. The van der Waals surface area contributed by atoms with E-state index in [1.54, 1.807) is 4.52 Å². The molecule has 0 spiro atoms. The fourth-order valence-electron chi connectivity index (χ4n) is 1.23. The lowest BCUT2D eigenvalue weighted by atomic mass is 10.8. The Morgan fingerprint density at radius 1 is 1.20 bits per heavy atom. The van der Waals surface area contributed by atoms with Crippen molar-refractivity contribution in [3.63, 3.8) is 0 Å². The van der Waals surface area contributed by atoms with Crippen molar-refractivity contribution in [1.29, 1.82) is 0 Å². The van der Waals surface area contributed by atoms with Crippen molar-refractivity contribution >= 4 is 23.5 Å². The molecular formula is C8H12N6S. The zero-order valence-electron chi connectivity index (χ0n) is 9.09. The Morgan fingerprint density at radius 2 is 1.93 bits per heavy atom. The number of fused-ring (bicyclic) bond motifs is 1. The normalized spacial score (nSPS) is 10.9. The Hall–Kier alpha value is -1.37. The van der Waals surface area contributed by atoms with Crippen LogP contribution < -0.4 is 4.90 Å². The Balaban J connectivity index is 2.73. The molecule has 15 heavy (non-hydrogen) atoms. The molecule has 0 radical (unpaired) electrons. The van der Waals surface area contributed by atoms with E-state index in [4.69, 9.17) is 0 Å². The molecule has 0 saturated carbocycles. The third-order valence-corrected chi connectivity index (χ3v) is 2.41. The fraction of sp³-hybridized carbons (Fsp3) is 0.500. The van der Waals surface area contributed by atoms with Gasteiger partial charge < -0.3 is 4.90 Å². The third-order valence-electron chi connectivity index (χ3n) is 1.86. The van der Waals surface area contributed by atoms with Gasteiger partial charge in [-0.05, 0) is 13.2 Å². The third kappa shape index (κ3) is 1.74. The van der Waals surface area contributed by atoms with Crippen molar-refractivity contribution in [1.82, 2.24) is 24.6 Å². The number of aromatic nitrogens is 5. The molecule has 0 atom stereocenters. The molecule has 0 amide bonds. The molecular weight excluding hydrogens is 212 g/mol. The van der Waals surface area contributed by atoms with E-state index >= 15 is 0 Å². The smallest absolute Gasteiger partial charge is 0.258 e. The van der Waals surface area contributed by atoms with Crippen LogP contribution >= 0.6 is 11.8 Å². The largest absolute Gasteiger partial charge is 0.347 e. The van der Waals surface area contributed by atoms with Crippen molar-refractivity contribution < 1.29 is 0 Å². The van der Waals surface area contributed by atoms with Crippen molar-refractivity contribution in [2.75, 3.05) is 25.3 Å². The van der Waals surface area contributed by atoms with E-state index in [9.17, 15) is 0 Å². The quantitative estimate of drug-likeness (QED) is 0.697. The van der Waals surface area contributed by atoms with Crippen LogP contribution in [-0.4, -0.2) is 44.9 Å². The van der Waals surface area contributed by atoms with Crippen LogP contribution in [0.1, 0.15) is 5.82 Å². The molecule has 7 heteroatoms. The van der Waals surface area contributed by atoms with Crippen molar-refractivity contribution in [2.24, 2.45) is 0 Å². The average Bonchev–Trinajstić information content (AvgIpc) is 2.55. The lowest BCUT2D eigenvalue weighted by Crippen LogP contribution is -2.16. The van der Waals surface area contributed by atoms with Gasteiger partial charge in [-0.15, -0.1) is 5.10 Å². The van der Waals surface area contributed by atoms with Gasteiger partial charge in [0.05, 0.1) is 0 Å². The van der Waals surface area contributed by atoms with Crippen LogP contribution in [0.15, 0.2) is 5.16 Å². The fourth-order valence-corrected chi connectivity index (χ4v) is 1.58. The molecule has 0 aliphatic rings. The Bertz CT molecular complexity index is 491. The Kier molecular flexibility index (Phi) is 2.47. The summed E-state index contributed by atoms with van der Waals surface area (Å²) in [5.74, 6) is 2.03. The second kappa shape index (κ2) is 3.65. The van der Waals surface area contributed by atoms with Gasteiger partial charge >= 0.3 is 0 Å². The topological polar surface area (TPSA) is 59.2 Å². The summed E-state index contributed by atoms with van der Waals surface area (Å²) >= 11 is 1.49. The number of thioether (sulfide) groups is 1. The van der Waals surface area contributed by atoms with Crippen LogP contribution in [0.25, 0.3) is 5.78 Å². The second-order valence-electron chi connectivity index (χ2n) is 3.28. The highest BCUT2D eigenvalue weighted by Crippen LogP contribution is 2.15. The zero-order chi connectivity index (χ0) is 11.0. The van der Waals surface area contributed by atoms with E-state index < -0.39 is 0 Å². The van der Waals surface area contributed by atoms with Crippen LogP contribution in [-0.2, 0) is 0 Å². The first-order valence-corrected chi connectivity index (χ1v) is 5.67. The van der Waals surface area contributed by atoms with Gasteiger partial charge in [0.25, 0.3) is 5.78 Å². The zero-order valence-corrected chi connectivity index (χ0v) is 9.91. The first-order valence-electron chi connectivity index (χ1n) is 4.44. The second-order valence-corrected chi connectivity index (χ2v) is 4.05. The summed E-state index contributed by atoms with van der Waals surface area (Å²) in [4.78, 5) is 14.8. The van der Waals surface area contributed by atoms with Gasteiger partial charge in [-0.2, -0.15) is 19.5 Å². The molecule has 0 fully saturated rings.